The van der Waals surface area contributed by atoms with Crippen LogP contribution >= 0.6 is 0 Å². The van der Waals surface area contributed by atoms with Gasteiger partial charge in [-0.25, -0.2) is 0 Å². The minimum Gasteiger partial charge on any atom is -0.397 e. The molecule has 106 valence electrons. The topological polar surface area (TPSA) is 88.3 Å². The van der Waals surface area contributed by atoms with Crippen LogP contribution < -0.4 is 11.1 Å². The Morgan fingerprint density at radius 2 is 2.35 bits per heavy atom. The molecule has 2 atom stereocenters. The molecule has 0 bridgehead atoms. The van der Waals surface area contributed by atoms with Gasteiger partial charge in [0.15, 0.2) is 0 Å². The molecule has 2 aliphatic rings. The number of pyridine rings is 1. The molecule has 6 nitrogen and oxygen atoms in total. The fourth-order valence-electron chi connectivity index (χ4n) is 3.12. The second kappa shape index (κ2) is 4.77. The molecule has 1 aromatic heterocycles. The quantitative estimate of drug-likeness (QED) is 0.772. The minimum atomic E-state index is -0.0755. The van der Waals surface area contributed by atoms with E-state index in [1.54, 1.807) is 24.1 Å². The van der Waals surface area contributed by atoms with E-state index in [0.717, 1.165) is 12.8 Å². The minimum absolute atomic E-state index is 0.0374. The third-order valence-corrected chi connectivity index (χ3v) is 4.20. The summed E-state index contributed by atoms with van der Waals surface area (Å²) in [6.45, 7) is 3.03. The lowest BCUT2D eigenvalue weighted by Crippen LogP contribution is -2.48. The zero-order valence-electron chi connectivity index (χ0n) is 11.4. The van der Waals surface area contributed by atoms with Gasteiger partial charge < -0.3 is 16.0 Å². The van der Waals surface area contributed by atoms with Gasteiger partial charge in [-0.1, -0.05) is 0 Å². The SMILES string of the molecule is Cc1ncc(N)cc1C(=O)N1CCCC2C(=O)NCC21. The van der Waals surface area contributed by atoms with Crippen LogP contribution in [0.2, 0.25) is 0 Å². The molecule has 6 heteroatoms. The molecule has 2 unspecified atom stereocenters. The normalized spacial score (nSPS) is 25.2. The number of hydrogen-bond donors (Lipinski definition) is 2. The maximum Gasteiger partial charge on any atom is 0.256 e. The van der Waals surface area contributed by atoms with Crippen molar-refractivity contribution in [3.05, 3.63) is 23.5 Å². The summed E-state index contributed by atoms with van der Waals surface area (Å²) in [7, 11) is 0. The van der Waals surface area contributed by atoms with Gasteiger partial charge in [-0.15, -0.1) is 0 Å². The van der Waals surface area contributed by atoms with Gasteiger partial charge in [0, 0.05) is 13.1 Å². The number of hydrogen-bond acceptors (Lipinski definition) is 4. The van der Waals surface area contributed by atoms with Crippen LogP contribution in [0.1, 0.15) is 28.9 Å². The number of nitrogens with two attached hydrogens (primary N) is 1. The Kier molecular flexibility index (Phi) is 3.08. The number of rotatable bonds is 1. The van der Waals surface area contributed by atoms with Gasteiger partial charge in [0.1, 0.15) is 0 Å². The van der Waals surface area contributed by atoms with Gasteiger partial charge in [0.25, 0.3) is 5.91 Å². The molecule has 2 saturated heterocycles. The number of fused-ring (bicyclic) bond motifs is 1. The number of nitrogens with one attached hydrogen (secondary N) is 1. The van der Waals surface area contributed by atoms with E-state index in [1.807, 2.05) is 0 Å². The molecule has 0 aliphatic carbocycles. The van der Waals surface area contributed by atoms with Crippen LogP contribution in [0.15, 0.2) is 12.3 Å². The maximum atomic E-state index is 12.7. The van der Waals surface area contributed by atoms with E-state index >= 15 is 0 Å². The van der Waals surface area contributed by atoms with E-state index < -0.39 is 0 Å². The van der Waals surface area contributed by atoms with Crippen LogP contribution in [0.25, 0.3) is 0 Å². The third-order valence-electron chi connectivity index (χ3n) is 4.20. The number of piperidine rings is 1. The molecule has 20 heavy (non-hydrogen) atoms. The molecule has 0 spiro atoms. The lowest BCUT2D eigenvalue weighted by molar-refractivity contribution is -0.123. The van der Waals surface area contributed by atoms with Gasteiger partial charge >= 0.3 is 0 Å². The molecule has 3 heterocycles. The summed E-state index contributed by atoms with van der Waals surface area (Å²) in [5, 5.41) is 2.85. The number of nitrogen functional groups attached to an aromatic ring is 1. The number of nitrogens with zero attached hydrogens (tertiary/aromatic N) is 2. The zero-order valence-corrected chi connectivity index (χ0v) is 11.4. The first-order chi connectivity index (χ1) is 9.58. The average molecular weight is 274 g/mol. The zero-order chi connectivity index (χ0) is 14.3. The maximum absolute atomic E-state index is 12.7. The molecule has 0 aromatic carbocycles. The van der Waals surface area contributed by atoms with Gasteiger partial charge in [-0.3, -0.25) is 14.6 Å². The molecule has 0 saturated carbocycles. The van der Waals surface area contributed by atoms with Crippen molar-refractivity contribution in [2.45, 2.75) is 25.8 Å². The first-order valence-corrected chi connectivity index (χ1v) is 6.88. The van der Waals surface area contributed by atoms with E-state index in [-0.39, 0.29) is 23.8 Å². The van der Waals surface area contributed by atoms with Crippen molar-refractivity contribution in [1.82, 2.24) is 15.2 Å². The van der Waals surface area contributed by atoms with Gasteiger partial charge in [-0.2, -0.15) is 0 Å². The molecular weight excluding hydrogens is 256 g/mol. The van der Waals surface area contributed by atoms with Crippen LogP contribution in [-0.4, -0.2) is 40.8 Å². The lowest BCUT2D eigenvalue weighted by atomic mass is 9.91. The van der Waals surface area contributed by atoms with Crippen molar-refractivity contribution in [2.24, 2.45) is 5.92 Å². The van der Waals surface area contributed by atoms with Crippen LogP contribution in [-0.2, 0) is 4.79 Å². The molecule has 1 aromatic rings. The van der Waals surface area contributed by atoms with E-state index in [4.69, 9.17) is 5.73 Å². The van der Waals surface area contributed by atoms with E-state index in [1.165, 1.54) is 0 Å². The molecule has 3 rings (SSSR count). The van der Waals surface area contributed by atoms with Gasteiger partial charge in [-0.05, 0) is 25.8 Å². The Bertz CT molecular complexity index is 572. The second-order valence-corrected chi connectivity index (χ2v) is 5.46. The monoisotopic (exact) mass is 274 g/mol. The number of likely N-dealkylation sites (tertiary alicyclic amines) is 1. The molecule has 3 N–H and O–H groups in total. The third kappa shape index (κ3) is 2.01. The van der Waals surface area contributed by atoms with Crippen molar-refractivity contribution < 1.29 is 9.59 Å². The predicted molar refractivity (Wildman–Crippen MR) is 73.9 cm³/mol. The molecule has 2 aliphatic heterocycles. The van der Waals surface area contributed by atoms with Crippen molar-refractivity contribution in [1.29, 1.82) is 0 Å². The summed E-state index contributed by atoms with van der Waals surface area (Å²) < 4.78 is 0. The summed E-state index contributed by atoms with van der Waals surface area (Å²) in [5.41, 5.74) is 7.41. The number of aryl methyl sites for hydroxylation is 1. The van der Waals surface area contributed by atoms with Gasteiger partial charge in [0.2, 0.25) is 5.91 Å². The number of carbonyl (C=O) groups excluding carboxylic acids is 2. The Labute approximate surface area is 117 Å². The fraction of sp³-hybridized carbons (Fsp3) is 0.500. The van der Waals surface area contributed by atoms with E-state index in [9.17, 15) is 9.59 Å². The highest BCUT2D eigenvalue weighted by molar-refractivity contribution is 5.97. The Hall–Kier alpha value is -2.11. The Morgan fingerprint density at radius 1 is 1.55 bits per heavy atom. The molecular formula is C14H18N4O2. The van der Waals surface area contributed by atoms with E-state index in [0.29, 0.717) is 30.0 Å². The average Bonchev–Trinajstić information content (AvgIpc) is 2.83. The van der Waals surface area contributed by atoms with Gasteiger partial charge in [0.05, 0.1) is 35.1 Å². The van der Waals surface area contributed by atoms with Crippen LogP contribution in [0.5, 0.6) is 0 Å². The van der Waals surface area contributed by atoms with Crippen molar-refractivity contribution >= 4 is 17.5 Å². The second-order valence-electron chi connectivity index (χ2n) is 5.46. The number of amides is 2. The lowest BCUT2D eigenvalue weighted by Gasteiger charge is -2.36. The smallest absolute Gasteiger partial charge is 0.256 e. The summed E-state index contributed by atoms with van der Waals surface area (Å²) in [6.07, 6.45) is 3.26. The fourth-order valence-corrected chi connectivity index (χ4v) is 3.12. The van der Waals surface area contributed by atoms with Crippen LogP contribution in [0.4, 0.5) is 5.69 Å². The number of carbonyl (C=O) groups is 2. The highest BCUT2D eigenvalue weighted by atomic mass is 16.2. The summed E-state index contributed by atoms with van der Waals surface area (Å²) in [5.74, 6) is -0.0783. The summed E-state index contributed by atoms with van der Waals surface area (Å²) >= 11 is 0. The highest BCUT2D eigenvalue weighted by Gasteiger charge is 2.42. The first-order valence-electron chi connectivity index (χ1n) is 6.88. The first kappa shape index (κ1) is 12.9. The van der Waals surface area contributed by atoms with Crippen molar-refractivity contribution in [3.63, 3.8) is 0 Å². The summed E-state index contributed by atoms with van der Waals surface area (Å²) in [4.78, 5) is 30.4. The van der Waals surface area contributed by atoms with Crippen molar-refractivity contribution in [2.75, 3.05) is 18.8 Å². The Morgan fingerprint density at radius 3 is 3.15 bits per heavy atom. The standard InChI is InChI=1S/C14H18N4O2/c1-8-11(5-9(15)6-16-8)14(20)18-4-2-3-10-12(18)7-17-13(10)19/h5-6,10,12H,2-4,7,15H2,1H3,(H,17,19). The molecule has 2 amide bonds. The van der Waals surface area contributed by atoms with Crippen LogP contribution in [0, 0.1) is 12.8 Å². The Balaban J connectivity index is 1.90. The molecule has 2 fully saturated rings. The highest BCUT2D eigenvalue weighted by Crippen LogP contribution is 2.29. The van der Waals surface area contributed by atoms with Crippen LogP contribution in [0.3, 0.4) is 0 Å². The number of anilines is 1. The van der Waals surface area contributed by atoms with Crippen molar-refractivity contribution in [3.8, 4) is 0 Å². The predicted octanol–water partition coefficient (Wildman–Crippen LogP) is 0.323. The van der Waals surface area contributed by atoms with E-state index in [2.05, 4.69) is 10.3 Å². The largest absolute Gasteiger partial charge is 0.397 e. The molecule has 0 radical (unpaired) electrons. The number of aromatic nitrogens is 1. The summed E-state index contributed by atoms with van der Waals surface area (Å²) in [6, 6.07) is 1.63.